The van der Waals surface area contributed by atoms with Gasteiger partial charge >= 0.3 is 5.97 Å². The van der Waals surface area contributed by atoms with Crippen LogP contribution in [0.3, 0.4) is 0 Å². The van der Waals surface area contributed by atoms with E-state index in [0.717, 1.165) is 51.4 Å². The van der Waals surface area contributed by atoms with Crippen LogP contribution in [0.15, 0.2) is 0 Å². The molecule has 4 heteroatoms. The van der Waals surface area contributed by atoms with Crippen LogP contribution in [0.4, 0.5) is 0 Å². The quantitative estimate of drug-likeness (QED) is 0.456. The lowest BCUT2D eigenvalue weighted by Gasteiger charge is -2.69. The number of carboxylic acid groups (broad SMARTS) is 1. The smallest absolute Gasteiger partial charge is 0.309 e. The maximum Gasteiger partial charge on any atom is 0.309 e. The Hall–Kier alpha value is -0.610. The number of aliphatic hydroxyl groups is 2. The third-order valence-electron chi connectivity index (χ3n) is 12.8. The molecule has 5 fully saturated rings. The number of aliphatic carboxylic acids is 1. The molecule has 0 aliphatic heterocycles. The summed E-state index contributed by atoms with van der Waals surface area (Å²) in [5.74, 6) is 1.85. The summed E-state index contributed by atoms with van der Waals surface area (Å²) in [7, 11) is 0. The molecule has 3 N–H and O–H groups in total. The average Bonchev–Trinajstić information content (AvgIpc) is 2.71. The highest BCUT2D eigenvalue weighted by atomic mass is 16.4. The van der Waals surface area contributed by atoms with Crippen LogP contribution in [0.5, 0.6) is 0 Å². The second-order valence-electron chi connectivity index (χ2n) is 15.0. The fourth-order valence-electron chi connectivity index (χ4n) is 11.0. The van der Waals surface area contributed by atoms with Crippen molar-refractivity contribution >= 4 is 5.97 Å². The van der Waals surface area contributed by atoms with E-state index in [1.807, 2.05) is 0 Å². The third kappa shape index (κ3) is 3.11. The molecule has 0 radical (unpaired) electrons. The van der Waals surface area contributed by atoms with Crippen LogP contribution in [-0.2, 0) is 4.79 Å². The molecule has 4 nitrogen and oxygen atoms in total. The van der Waals surface area contributed by atoms with Crippen molar-refractivity contribution in [3.05, 3.63) is 0 Å². The second kappa shape index (κ2) is 7.21. The number of aliphatic hydroxyl groups excluding tert-OH is 2. The highest BCUT2D eigenvalue weighted by molar-refractivity contribution is 5.75. The number of carboxylic acids is 1. The maximum absolute atomic E-state index is 12.7. The van der Waals surface area contributed by atoms with Gasteiger partial charge in [0.1, 0.15) is 0 Å². The summed E-state index contributed by atoms with van der Waals surface area (Å²) >= 11 is 0. The Bertz CT molecular complexity index is 818. The Morgan fingerprint density at radius 3 is 1.88 bits per heavy atom. The minimum absolute atomic E-state index is 0.0478. The largest absolute Gasteiger partial charge is 0.481 e. The molecule has 188 valence electrons. The molecule has 0 saturated heterocycles. The fourth-order valence-corrected chi connectivity index (χ4v) is 11.0. The normalized spacial score (nSPS) is 54.8. The van der Waals surface area contributed by atoms with E-state index in [9.17, 15) is 20.1 Å². The summed E-state index contributed by atoms with van der Waals surface area (Å²) in [5, 5.41) is 32.2. The van der Waals surface area contributed by atoms with Crippen molar-refractivity contribution in [2.75, 3.05) is 0 Å². The first-order valence-corrected chi connectivity index (χ1v) is 13.8. The zero-order valence-electron chi connectivity index (χ0n) is 21.9. The molecule has 0 amide bonds. The van der Waals surface area contributed by atoms with E-state index >= 15 is 0 Å². The van der Waals surface area contributed by atoms with E-state index in [0.29, 0.717) is 36.0 Å². The Balaban J connectivity index is 1.51. The molecule has 5 saturated carbocycles. The van der Waals surface area contributed by atoms with Gasteiger partial charge in [-0.25, -0.2) is 0 Å². The topological polar surface area (TPSA) is 77.8 Å². The predicted molar refractivity (Wildman–Crippen MR) is 129 cm³/mol. The van der Waals surface area contributed by atoms with Gasteiger partial charge in [0.2, 0.25) is 0 Å². The van der Waals surface area contributed by atoms with Gasteiger partial charge in [0.05, 0.1) is 17.6 Å². The van der Waals surface area contributed by atoms with Gasteiger partial charge in [0, 0.05) is 0 Å². The van der Waals surface area contributed by atoms with Crippen molar-refractivity contribution in [2.24, 2.45) is 56.7 Å². The molecule has 5 rings (SSSR count). The lowest BCUT2D eigenvalue weighted by Crippen LogP contribution is -2.66. The Kier molecular flexibility index (Phi) is 5.27. The van der Waals surface area contributed by atoms with Gasteiger partial charge in [-0.2, -0.15) is 0 Å². The van der Waals surface area contributed by atoms with Crippen LogP contribution in [0.2, 0.25) is 0 Å². The van der Waals surface area contributed by atoms with E-state index in [-0.39, 0.29) is 21.7 Å². The van der Waals surface area contributed by atoms with Crippen molar-refractivity contribution in [3.63, 3.8) is 0 Å². The monoisotopic (exact) mass is 460 g/mol. The minimum Gasteiger partial charge on any atom is -0.481 e. The summed E-state index contributed by atoms with van der Waals surface area (Å²) in [5.41, 5.74) is -0.310. The Labute approximate surface area is 200 Å². The van der Waals surface area contributed by atoms with Crippen molar-refractivity contribution in [1.82, 2.24) is 0 Å². The predicted octanol–water partition coefficient (Wildman–Crippen LogP) is 5.89. The van der Waals surface area contributed by atoms with E-state index in [4.69, 9.17) is 0 Å². The SMILES string of the molecule is CC1(C)CC[C@]2(C(=O)O)CCC3(C)C4CCC5C(C)(C[C@@H](O)[C@H](O)C5(C)C)C4CCC3[C@@H]2C1. The number of fused-ring (bicyclic) bond motifs is 7. The van der Waals surface area contributed by atoms with Gasteiger partial charge in [0.15, 0.2) is 0 Å². The third-order valence-corrected chi connectivity index (χ3v) is 12.8. The molecule has 6 unspecified atom stereocenters. The van der Waals surface area contributed by atoms with Crippen LogP contribution >= 0.6 is 0 Å². The molecule has 0 aromatic heterocycles. The van der Waals surface area contributed by atoms with E-state index in [1.165, 1.54) is 6.42 Å². The average molecular weight is 461 g/mol. The molecule has 5 aliphatic rings. The van der Waals surface area contributed by atoms with E-state index in [1.54, 1.807) is 0 Å². The number of hydrogen-bond donors (Lipinski definition) is 3. The zero-order valence-corrected chi connectivity index (χ0v) is 21.9. The highest BCUT2D eigenvalue weighted by Gasteiger charge is 2.68. The summed E-state index contributed by atoms with van der Waals surface area (Å²) in [6, 6.07) is 0. The summed E-state index contributed by atoms with van der Waals surface area (Å²) in [6.07, 6.45) is 8.83. The molecule has 0 heterocycles. The lowest BCUT2D eigenvalue weighted by molar-refractivity contribution is -0.237. The second-order valence-corrected chi connectivity index (χ2v) is 15.0. The first-order valence-electron chi connectivity index (χ1n) is 13.8. The van der Waals surface area contributed by atoms with Gasteiger partial charge in [0.25, 0.3) is 0 Å². The lowest BCUT2D eigenvalue weighted by atomic mass is 9.35. The van der Waals surface area contributed by atoms with Gasteiger partial charge in [-0.05, 0) is 115 Å². The molecule has 0 aromatic carbocycles. The molecule has 0 spiro atoms. The van der Waals surface area contributed by atoms with Crippen LogP contribution in [0, 0.1) is 56.7 Å². The zero-order chi connectivity index (χ0) is 24.2. The fraction of sp³-hybridized carbons (Fsp3) is 0.966. The van der Waals surface area contributed by atoms with Crippen LogP contribution in [0.1, 0.15) is 106 Å². The van der Waals surface area contributed by atoms with Crippen LogP contribution in [0.25, 0.3) is 0 Å². The van der Waals surface area contributed by atoms with E-state index < -0.39 is 23.6 Å². The molecule has 0 bridgehead atoms. The maximum atomic E-state index is 12.7. The molecule has 33 heavy (non-hydrogen) atoms. The molecule has 5 aliphatic carbocycles. The van der Waals surface area contributed by atoms with Crippen LogP contribution < -0.4 is 0 Å². The Morgan fingerprint density at radius 2 is 1.24 bits per heavy atom. The summed E-state index contributed by atoms with van der Waals surface area (Å²) in [6.45, 7) is 14.0. The highest BCUT2D eigenvalue weighted by Crippen LogP contribution is 2.72. The number of carbonyl (C=O) groups is 1. The van der Waals surface area contributed by atoms with Crippen molar-refractivity contribution in [3.8, 4) is 0 Å². The minimum atomic E-state index is -0.644. The van der Waals surface area contributed by atoms with Crippen molar-refractivity contribution in [2.45, 2.75) is 118 Å². The van der Waals surface area contributed by atoms with Gasteiger partial charge in [-0.3, -0.25) is 4.79 Å². The van der Waals surface area contributed by atoms with Crippen molar-refractivity contribution < 1.29 is 20.1 Å². The number of hydrogen-bond acceptors (Lipinski definition) is 3. The van der Waals surface area contributed by atoms with Gasteiger partial charge in [-0.15, -0.1) is 0 Å². The first kappa shape index (κ1) is 24.1. The van der Waals surface area contributed by atoms with E-state index in [2.05, 4.69) is 41.5 Å². The molecule has 0 aromatic rings. The molecular formula is C29H48O4. The number of rotatable bonds is 1. The summed E-state index contributed by atoms with van der Waals surface area (Å²) < 4.78 is 0. The molecular weight excluding hydrogens is 412 g/mol. The Morgan fingerprint density at radius 1 is 0.697 bits per heavy atom. The van der Waals surface area contributed by atoms with Gasteiger partial charge in [-0.1, -0.05) is 41.5 Å². The standard InChI is InChI=1S/C29H48O4/c1-25(2)11-13-29(24(32)33)14-12-27(5)17-9-10-22-26(3,4)23(31)21(30)16-28(22,6)18(17)7-8-19(27)20(29)15-25/h17-23,30-31H,7-16H2,1-6H3,(H,32,33)/t17?,18?,19?,20-,21+,22?,23-,27?,28?,29-/m0/s1. The molecule has 10 atom stereocenters. The first-order chi connectivity index (χ1) is 15.2. The van der Waals surface area contributed by atoms with Crippen molar-refractivity contribution in [1.29, 1.82) is 0 Å². The van der Waals surface area contributed by atoms with Gasteiger partial charge < -0.3 is 15.3 Å². The summed E-state index contributed by atoms with van der Waals surface area (Å²) in [4.78, 5) is 12.7. The van der Waals surface area contributed by atoms with Crippen LogP contribution in [-0.4, -0.2) is 33.5 Å².